The Labute approximate surface area is 159 Å². The van der Waals surface area contributed by atoms with Gasteiger partial charge in [0.2, 0.25) is 0 Å². The van der Waals surface area contributed by atoms with E-state index in [4.69, 9.17) is 13.9 Å². The Bertz CT molecular complexity index is 803. The summed E-state index contributed by atoms with van der Waals surface area (Å²) < 4.78 is 15.9. The molecule has 2 aromatic rings. The molecule has 0 spiro atoms. The van der Waals surface area contributed by atoms with Crippen LogP contribution >= 0.6 is 0 Å². The number of rotatable bonds is 6. The zero-order valence-electron chi connectivity index (χ0n) is 16.6. The lowest BCUT2D eigenvalue weighted by Crippen LogP contribution is -2.30. The molecule has 1 unspecified atom stereocenters. The first-order chi connectivity index (χ1) is 12.6. The number of amides is 1. The smallest absolute Gasteiger partial charge is 0.360 e. The lowest BCUT2D eigenvalue weighted by molar-refractivity contribution is -0.122. The van der Waals surface area contributed by atoms with Gasteiger partial charge in [0, 0.05) is 0 Å². The molecule has 0 aliphatic carbocycles. The first-order valence-corrected chi connectivity index (χ1v) is 8.84. The molecule has 0 bridgehead atoms. The number of anilines is 1. The van der Waals surface area contributed by atoms with Crippen LogP contribution in [0.25, 0.3) is 0 Å². The summed E-state index contributed by atoms with van der Waals surface area (Å²) in [7, 11) is 0. The van der Waals surface area contributed by atoms with Gasteiger partial charge in [0.25, 0.3) is 5.91 Å². The number of ether oxygens (including phenoxy) is 2. The molecular weight excluding hydrogens is 348 g/mol. The maximum absolute atomic E-state index is 12.3. The van der Waals surface area contributed by atoms with Crippen LogP contribution in [-0.2, 0) is 14.9 Å². The highest BCUT2D eigenvalue weighted by Crippen LogP contribution is 2.25. The second-order valence-electron chi connectivity index (χ2n) is 7.17. The molecule has 1 heterocycles. The van der Waals surface area contributed by atoms with E-state index in [9.17, 15) is 9.59 Å². The number of benzene rings is 1. The van der Waals surface area contributed by atoms with Gasteiger partial charge in [-0.05, 0) is 43.9 Å². The second kappa shape index (κ2) is 8.24. The first-order valence-electron chi connectivity index (χ1n) is 8.84. The molecule has 0 aliphatic heterocycles. The number of carbonyl (C=O) groups excluding carboxylic acids is 2. The topological polar surface area (TPSA) is 90.7 Å². The van der Waals surface area contributed by atoms with E-state index in [1.54, 1.807) is 20.8 Å². The standard InChI is InChI=1S/C20H26N2O5/c1-7-25-18(24)16-12(2)27-19(21-16)22-17(23)13(3)26-15-10-8-14(9-11-15)20(4,5)6/h8-11,13H,7H2,1-6H3,(H,21,22,23). The fourth-order valence-corrected chi connectivity index (χ4v) is 2.34. The van der Waals surface area contributed by atoms with E-state index in [1.807, 2.05) is 24.3 Å². The summed E-state index contributed by atoms with van der Waals surface area (Å²) in [5.74, 6) is -0.175. The number of esters is 1. The van der Waals surface area contributed by atoms with Crippen molar-refractivity contribution in [1.82, 2.24) is 4.98 Å². The first kappa shape index (κ1) is 20.5. The van der Waals surface area contributed by atoms with Gasteiger partial charge in [-0.2, -0.15) is 4.98 Å². The van der Waals surface area contributed by atoms with Crippen molar-refractivity contribution in [3.8, 4) is 5.75 Å². The van der Waals surface area contributed by atoms with Crippen LogP contribution in [0.15, 0.2) is 28.7 Å². The van der Waals surface area contributed by atoms with Crippen LogP contribution in [-0.4, -0.2) is 29.6 Å². The maximum atomic E-state index is 12.3. The maximum Gasteiger partial charge on any atom is 0.360 e. The largest absolute Gasteiger partial charge is 0.481 e. The SMILES string of the molecule is CCOC(=O)c1nc(NC(=O)C(C)Oc2ccc(C(C)(C)C)cc2)oc1C. The monoisotopic (exact) mass is 374 g/mol. The highest BCUT2D eigenvalue weighted by molar-refractivity contribution is 5.93. The number of aromatic nitrogens is 1. The molecule has 1 aromatic heterocycles. The minimum absolute atomic E-state index is 0.0403. The average Bonchev–Trinajstić information content (AvgIpc) is 2.95. The molecule has 27 heavy (non-hydrogen) atoms. The third kappa shape index (κ3) is 5.32. The van der Waals surface area contributed by atoms with E-state index in [0.29, 0.717) is 5.75 Å². The van der Waals surface area contributed by atoms with Crippen LogP contribution in [0.3, 0.4) is 0 Å². The molecule has 1 aromatic carbocycles. The molecule has 1 N–H and O–H groups in total. The van der Waals surface area contributed by atoms with Crippen molar-refractivity contribution in [3.63, 3.8) is 0 Å². The summed E-state index contributed by atoms with van der Waals surface area (Å²) >= 11 is 0. The van der Waals surface area contributed by atoms with Crippen molar-refractivity contribution < 1.29 is 23.5 Å². The molecule has 1 amide bonds. The van der Waals surface area contributed by atoms with Crippen molar-refractivity contribution in [2.24, 2.45) is 0 Å². The van der Waals surface area contributed by atoms with E-state index in [2.05, 4.69) is 31.1 Å². The van der Waals surface area contributed by atoms with Crippen molar-refractivity contribution in [3.05, 3.63) is 41.3 Å². The highest BCUT2D eigenvalue weighted by atomic mass is 16.5. The predicted molar refractivity (Wildman–Crippen MR) is 101 cm³/mol. The van der Waals surface area contributed by atoms with Gasteiger partial charge in [-0.25, -0.2) is 4.79 Å². The number of oxazole rings is 1. The molecule has 146 valence electrons. The van der Waals surface area contributed by atoms with Crippen molar-refractivity contribution in [1.29, 1.82) is 0 Å². The van der Waals surface area contributed by atoms with Gasteiger partial charge in [0.15, 0.2) is 11.8 Å². The predicted octanol–water partition coefficient (Wildman–Crippen LogP) is 3.86. The van der Waals surface area contributed by atoms with Gasteiger partial charge in [-0.1, -0.05) is 32.9 Å². The number of nitrogens with zero attached hydrogens (tertiary/aromatic N) is 1. The number of hydrogen-bond acceptors (Lipinski definition) is 6. The minimum atomic E-state index is -0.774. The molecule has 7 heteroatoms. The fourth-order valence-electron chi connectivity index (χ4n) is 2.34. The number of nitrogens with one attached hydrogen (secondary N) is 1. The summed E-state index contributed by atoms with van der Waals surface area (Å²) in [6.07, 6.45) is -0.774. The summed E-state index contributed by atoms with van der Waals surface area (Å²) in [4.78, 5) is 28.0. The highest BCUT2D eigenvalue weighted by Gasteiger charge is 2.22. The normalized spacial score (nSPS) is 12.4. The molecule has 0 fully saturated rings. The van der Waals surface area contributed by atoms with Crippen LogP contribution in [0.4, 0.5) is 6.01 Å². The minimum Gasteiger partial charge on any atom is -0.481 e. The Kier molecular flexibility index (Phi) is 6.25. The number of hydrogen-bond donors (Lipinski definition) is 1. The zero-order chi connectivity index (χ0) is 20.2. The molecule has 7 nitrogen and oxygen atoms in total. The van der Waals surface area contributed by atoms with Crippen LogP contribution in [0.2, 0.25) is 0 Å². The lowest BCUT2D eigenvalue weighted by Gasteiger charge is -2.20. The van der Waals surface area contributed by atoms with Gasteiger partial charge >= 0.3 is 12.0 Å². The quantitative estimate of drug-likeness (QED) is 0.772. The summed E-state index contributed by atoms with van der Waals surface area (Å²) in [5, 5.41) is 2.51. The van der Waals surface area contributed by atoms with Gasteiger partial charge in [-0.15, -0.1) is 0 Å². The summed E-state index contributed by atoms with van der Waals surface area (Å²) in [6.45, 7) is 11.5. The van der Waals surface area contributed by atoms with E-state index in [1.165, 1.54) is 5.56 Å². The molecule has 2 rings (SSSR count). The third-order valence-corrected chi connectivity index (χ3v) is 3.90. The Morgan fingerprint density at radius 3 is 2.41 bits per heavy atom. The molecular formula is C20H26N2O5. The van der Waals surface area contributed by atoms with E-state index >= 15 is 0 Å². The van der Waals surface area contributed by atoms with Gasteiger partial charge in [0.05, 0.1) is 6.61 Å². The van der Waals surface area contributed by atoms with Crippen molar-refractivity contribution in [2.75, 3.05) is 11.9 Å². The molecule has 0 aliphatic rings. The average molecular weight is 374 g/mol. The Hall–Kier alpha value is -2.83. The molecule has 0 radical (unpaired) electrons. The van der Waals surface area contributed by atoms with Crippen LogP contribution in [0.5, 0.6) is 5.75 Å². The van der Waals surface area contributed by atoms with Gasteiger partial charge in [-0.3, -0.25) is 10.1 Å². The third-order valence-electron chi connectivity index (χ3n) is 3.90. The van der Waals surface area contributed by atoms with Crippen LogP contribution in [0.1, 0.15) is 56.4 Å². The van der Waals surface area contributed by atoms with Crippen LogP contribution in [0, 0.1) is 6.92 Å². The molecule has 1 atom stereocenters. The van der Waals surface area contributed by atoms with E-state index in [-0.39, 0.29) is 29.5 Å². The van der Waals surface area contributed by atoms with E-state index in [0.717, 1.165) is 0 Å². The van der Waals surface area contributed by atoms with Crippen molar-refractivity contribution in [2.45, 2.75) is 53.1 Å². The molecule has 0 saturated heterocycles. The number of aryl methyl sites for hydroxylation is 1. The van der Waals surface area contributed by atoms with E-state index < -0.39 is 18.0 Å². The second-order valence-corrected chi connectivity index (χ2v) is 7.17. The lowest BCUT2D eigenvalue weighted by atomic mass is 9.87. The Balaban J connectivity index is 2.00. The Morgan fingerprint density at radius 1 is 1.22 bits per heavy atom. The number of carbonyl (C=O) groups is 2. The van der Waals surface area contributed by atoms with Gasteiger partial charge < -0.3 is 13.9 Å². The zero-order valence-corrected chi connectivity index (χ0v) is 16.6. The van der Waals surface area contributed by atoms with Crippen LogP contribution < -0.4 is 10.1 Å². The van der Waals surface area contributed by atoms with Gasteiger partial charge in [0.1, 0.15) is 11.5 Å². The Morgan fingerprint density at radius 2 is 1.85 bits per heavy atom. The fraction of sp³-hybridized carbons (Fsp3) is 0.450. The van der Waals surface area contributed by atoms with Crippen molar-refractivity contribution >= 4 is 17.9 Å². The molecule has 0 saturated carbocycles. The summed E-state index contributed by atoms with van der Waals surface area (Å²) in [6, 6.07) is 7.54. The summed E-state index contributed by atoms with van der Waals surface area (Å²) in [5.41, 5.74) is 1.26.